The van der Waals surface area contributed by atoms with Gasteiger partial charge in [-0.1, -0.05) is 6.92 Å². The molecule has 0 spiro atoms. The van der Waals surface area contributed by atoms with Crippen LogP contribution in [0.5, 0.6) is 0 Å². The van der Waals surface area contributed by atoms with Crippen LogP contribution in [0.25, 0.3) is 0 Å². The molecule has 0 bridgehead atoms. The van der Waals surface area contributed by atoms with Crippen molar-refractivity contribution in [1.29, 1.82) is 0 Å². The minimum Gasteiger partial charge on any atom is -0.338 e. The zero-order valence-corrected chi connectivity index (χ0v) is 11.8. The fourth-order valence-corrected chi connectivity index (χ4v) is 1.96. The summed E-state index contributed by atoms with van der Waals surface area (Å²) >= 11 is 0. The molecule has 0 saturated heterocycles. The first-order valence-corrected chi connectivity index (χ1v) is 6.68. The van der Waals surface area contributed by atoms with Crippen LogP contribution in [-0.4, -0.2) is 26.1 Å². The molecule has 0 aliphatic heterocycles. The Labute approximate surface area is 114 Å². The van der Waals surface area contributed by atoms with Gasteiger partial charge in [-0.25, -0.2) is 4.98 Å². The van der Waals surface area contributed by atoms with E-state index in [2.05, 4.69) is 27.2 Å². The van der Waals surface area contributed by atoms with Crippen LogP contribution in [0.4, 0.5) is 0 Å². The molecule has 2 heterocycles. The summed E-state index contributed by atoms with van der Waals surface area (Å²) in [5.41, 5.74) is 1.91. The number of nitrogens with one attached hydrogen (secondary N) is 1. The van der Waals surface area contributed by atoms with Crippen molar-refractivity contribution in [3.63, 3.8) is 0 Å². The van der Waals surface area contributed by atoms with Crippen LogP contribution in [0.3, 0.4) is 0 Å². The van der Waals surface area contributed by atoms with Gasteiger partial charge in [0, 0.05) is 32.1 Å². The van der Waals surface area contributed by atoms with Gasteiger partial charge in [0.1, 0.15) is 5.82 Å². The third-order valence-corrected chi connectivity index (χ3v) is 3.11. The van der Waals surface area contributed by atoms with Gasteiger partial charge in [-0.15, -0.1) is 0 Å². The molecule has 102 valence electrons. The minimum absolute atomic E-state index is 0.161. The van der Waals surface area contributed by atoms with Crippen LogP contribution in [0.2, 0.25) is 0 Å². The van der Waals surface area contributed by atoms with E-state index in [9.17, 15) is 0 Å². The monoisotopic (exact) mass is 259 g/mol. The highest BCUT2D eigenvalue weighted by atomic mass is 15.0. The molecule has 2 rings (SSSR count). The van der Waals surface area contributed by atoms with Gasteiger partial charge in [0.2, 0.25) is 0 Å². The van der Waals surface area contributed by atoms with Gasteiger partial charge in [-0.3, -0.25) is 9.97 Å². The number of rotatable bonds is 6. The average molecular weight is 259 g/mol. The average Bonchev–Trinajstić information content (AvgIpc) is 2.81. The number of aromatic nitrogens is 4. The van der Waals surface area contributed by atoms with Crippen molar-refractivity contribution in [2.45, 2.75) is 32.7 Å². The second kappa shape index (κ2) is 6.43. The molecule has 0 amide bonds. The highest BCUT2D eigenvalue weighted by Crippen LogP contribution is 2.15. The van der Waals surface area contributed by atoms with Gasteiger partial charge in [0.15, 0.2) is 0 Å². The van der Waals surface area contributed by atoms with E-state index >= 15 is 0 Å². The third kappa shape index (κ3) is 3.61. The predicted octanol–water partition coefficient (Wildman–Crippen LogP) is 1.80. The molecular weight excluding hydrogens is 238 g/mol. The molecule has 0 saturated carbocycles. The van der Waals surface area contributed by atoms with Crippen molar-refractivity contribution in [3.05, 3.63) is 42.0 Å². The van der Waals surface area contributed by atoms with Crippen LogP contribution in [0, 0.1) is 6.92 Å². The second-order valence-corrected chi connectivity index (χ2v) is 4.75. The summed E-state index contributed by atoms with van der Waals surface area (Å²) in [5, 5.41) is 3.51. The number of nitrogens with zero attached hydrogens (tertiary/aromatic N) is 4. The van der Waals surface area contributed by atoms with Gasteiger partial charge in [-0.05, 0) is 19.9 Å². The SMILES string of the molecule is CCCNC(Cc1nccn1C)c1cnc(C)cn1. The molecule has 0 aliphatic carbocycles. The van der Waals surface area contributed by atoms with Gasteiger partial charge in [0.25, 0.3) is 0 Å². The lowest BCUT2D eigenvalue weighted by Crippen LogP contribution is -2.26. The summed E-state index contributed by atoms with van der Waals surface area (Å²) in [7, 11) is 2.01. The van der Waals surface area contributed by atoms with Crippen molar-refractivity contribution in [1.82, 2.24) is 24.8 Å². The summed E-state index contributed by atoms with van der Waals surface area (Å²) < 4.78 is 2.04. The first kappa shape index (κ1) is 13.7. The van der Waals surface area contributed by atoms with E-state index < -0.39 is 0 Å². The maximum Gasteiger partial charge on any atom is 0.110 e. The van der Waals surface area contributed by atoms with E-state index in [-0.39, 0.29) is 6.04 Å². The largest absolute Gasteiger partial charge is 0.338 e. The molecule has 1 atom stereocenters. The fourth-order valence-electron chi connectivity index (χ4n) is 1.96. The van der Waals surface area contributed by atoms with E-state index in [4.69, 9.17) is 0 Å². The maximum absolute atomic E-state index is 4.48. The zero-order chi connectivity index (χ0) is 13.7. The Morgan fingerprint density at radius 2 is 2.11 bits per heavy atom. The Kier molecular flexibility index (Phi) is 4.63. The number of aryl methyl sites for hydroxylation is 2. The van der Waals surface area contributed by atoms with E-state index in [0.717, 1.165) is 36.6 Å². The van der Waals surface area contributed by atoms with Crippen LogP contribution in [0.15, 0.2) is 24.8 Å². The van der Waals surface area contributed by atoms with Crippen LogP contribution < -0.4 is 5.32 Å². The smallest absolute Gasteiger partial charge is 0.110 e. The quantitative estimate of drug-likeness (QED) is 0.859. The molecular formula is C14H21N5. The van der Waals surface area contributed by atoms with Crippen molar-refractivity contribution in [2.75, 3.05) is 6.54 Å². The Morgan fingerprint density at radius 1 is 1.26 bits per heavy atom. The lowest BCUT2D eigenvalue weighted by atomic mass is 10.1. The minimum atomic E-state index is 0.161. The molecule has 0 aliphatic rings. The highest BCUT2D eigenvalue weighted by Gasteiger charge is 2.15. The molecule has 2 aromatic heterocycles. The molecule has 5 nitrogen and oxygen atoms in total. The topological polar surface area (TPSA) is 55.6 Å². The van der Waals surface area contributed by atoms with Crippen LogP contribution >= 0.6 is 0 Å². The highest BCUT2D eigenvalue weighted by molar-refractivity contribution is 5.09. The molecule has 0 aromatic carbocycles. The van der Waals surface area contributed by atoms with Crippen molar-refractivity contribution >= 4 is 0 Å². The molecule has 0 radical (unpaired) electrons. The number of imidazole rings is 1. The molecule has 5 heteroatoms. The molecule has 1 N–H and O–H groups in total. The van der Waals surface area contributed by atoms with Crippen LogP contribution in [-0.2, 0) is 13.5 Å². The molecule has 1 unspecified atom stereocenters. The van der Waals surface area contributed by atoms with Crippen molar-refractivity contribution in [2.24, 2.45) is 7.05 Å². The summed E-state index contributed by atoms with van der Waals surface area (Å²) in [6.45, 7) is 5.07. The Morgan fingerprint density at radius 3 is 2.68 bits per heavy atom. The van der Waals surface area contributed by atoms with E-state index in [0.29, 0.717) is 0 Å². The summed E-state index contributed by atoms with van der Waals surface area (Å²) in [5.74, 6) is 1.05. The first-order valence-electron chi connectivity index (χ1n) is 6.68. The van der Waals surface area contributed by atoms with E-state index in [1.165, 1.54) is 0 Å². The van der Waals surface area contributed by atoms with Crippen LogP contribution in [0.1, 0.15) is 36.6 Å². The Balaban J connectivity index is 2.15. The maximum atomic E-state index is 4.48. The van der Waals surface area contributed by atoms with Crippen molar-refractivity contribution in [3.8, 4) is 0 Å². The lowest BCUT2D eigenvalue weighted by Gasteiger charge is -2.17. The van der Waals surface area contributed by atoms with Gasteiger partial charge in [0.05, 0.1) is 23.6 Å². The number of hydrogen-bond acceptors (Lipinski definition) is 4. The summed E-state index contributed by atoms with van der Waals surface area (Å²) in [4.78, 5) is 13.2. The van der Waals surface area contributed by atoms with E-state index in [1.807, 2.05) is 43.3 Å². The lowest BCUT2D eigenvalue weighted by molar-refractivity contribution is 0.499. The second-order valence-electron chi connectivity index (χ2n) is 4.75. The fraction of sp³-hybridized carbons (Fsp3) is 0.500. The van der Waals surface area contributed by atoms with Gasteiger partial charge < -0.3 is 9.88 Å². The van der Waals surface area contributed by atoms with E-state index in [1.54, 1.807) is 0 Å². The normalized spacial score (nSPS) is 12.6. The Hall–Kier alpha value is -1.75. The molecule has 2 aromatic rings. The van der Waals surface area contributed by atoms with Gasteiger partial charge >= 0.3 is 0 Å². The molecule has 0 fully saturated rings. The van der Waals surface area contributed by atoms with Crippen molar-refractivity contribution < 1.29 is 0 Å². The number of hydrogen-bond donors (Lipinski definition) is 1. The first-order chi connectivity index (χ1) is 9.20. The Bertz CT molecular complexity index is 503. The van der Waals surface area contributed by atoms with Gasteiger partial charge in [-0.2, -0.15) is 0 Å². The third-order valence-electron chi connectivity index (χ3n) is 3.11. The summed E-state index contributed by atoms with van der Waals surface area (Å²) in [6, 6.07) is 0.161. The zero-order valence-electron chi connectivity index (χ0n) is 11.8. The predicted molar refractivity (Wildman–Crippen MR) is 74.7 cm³/mol. The summed E-state index contributed by atoms with van der Waals surface area (Å²) in [6.07, 6.45) is 9.37. The molecule has 19 heavy (non-hydrogen) atoms. The standard InChI is InChI=1S/C14H21N5/c1-4-5-15-12(8-14-16-6-7-19(14)3)13-10-17-11(2)9-18-13/h6-7,9-10,12,15H,4-5,8H2,1-3H3.